The summed E-state index contributed by atoms with van der Waals surface area (Å²) in [5.74, 6) is -1.91. The minimum atomic E-state index is -0.930. The van der Waals surface area contributed by atoms with Gasteiger partial charge in [0.05, 0.1) is 24.4 Å². The lowest BCUT2D eigenvalue weighted by Crippen LogP contribution is -2.29. The maximum absolute atomic E-state index is 13.9. The summed E-state index contributed by atoms with van der Waals surface area (Å²) in [6, 6.07) is 16.5. The number of nitrogens with zero attached hydrogens (tertiary/aromatic N) is 1. The van der Waals surface area contributed by atoms with Crippen LogP contribution in [0.3, 0.4) is 0 Å². The van der Waals surface area contributed by atoms with Gasteiger partial charge >= 0.3 is 0 Å². The van der Waals surface area contributed by atoms with Crippen molar-refractivity contribution in [2.75, 3.05) is 0 Å². The molecule has 2 aromatic carbocycles. The lowest BCUT2D eigenvalue weighted by atomic mass is 9.95. The molecule has 1 fully saturated rings. The summed E-state index contributed by atoms with van der Waals surface area (Å²) < 4.78 is 19.2. The highest BCUT2D eigenvalue weighted by Crippen LogP contribution is 2.40. The fourth-order valence-electron chi connectivity index (χ4n) is 3.39. The van der Waals surface area contributed by atoms with Crippen LogP contribution < -0.4 is 0 Å². The van der Waals surface area contributed by atoms with Gasteiger partial charge < -0.3 is 14.4 Å². The molecule has 0 spiro atoms. The molecular weight excluding hydrogens is 361 g/mol. The molecule has 1 N–H and O–H groups in total. The van der Waals surface area contributed by atoms with E-state index < -0.39 is 23.5 Å². The number of carbonyl (C=O) groups is 2. The van der Waals surface area contributed by atoms with Gasteiger partial charge in [-0.3, -0.25) is 9.59 Å². The number of Topliss-reactive ketones (excluding diaryl/α,β-unsaturated/α-hetero) is 1. The Hall–Kier alpha value is -3.67. The van der Waals surface area contributed by atoms with E-state index in [9.17, 15) is 19.1 Å². The topological polar surface area (TPSA) is 70.8 Å². The highest BCUT2D eigenvalue weighted by atomic mass is 19.1. The fraction of sp³-hybridized carbons (Fsp3) is 0.0909. The van der Waals surface area contributed by atoms with Crippen LogP contribution in [0.2, 0.25) is 0 Å². The number of benzene rings is 2. The second-order valence-electron chi connectivity index (χ2n) is 6.43. The average Bonchev–Trinajstić information content (AvgIpc) is 3.30. The maximum Gasteiger partial charge on any atom is 0.296 e. The lowest BCUT2D eigenvalue weighted by molar-refractivity contribution is -0.140. The number of rotatable bonds is 4. The first kappa shape index (κ1) is 17.7. The van der Waals surface area contributed by atoms with E-state index in [1.54, 1.807) is 48.5 Å². The Morgan fingerprint density at radius 1 is 1.04 bits per heavy atom. The van der Waals surface area contributed by atoms with E-state index in [4.69, 9.17) is 4.42 Å². The third kappa shape index (κ3) is 3.09. The third-order valence-electron chi connectivity index (χ3n) is 4.66. The van der Waals surface area contributed by atoms with Gasteiger partial charge in [0.15, 0.2) is 0 Å². The molecule has 4 rings (SSSR count). The molecular formula is C22H16FNO4. The van der Waals surface area contributed by atoms with E-state index in [-0.39, 0.29) is 17.9 Å². The van der Waals surface area contributed by atoms with Crippen LogP contribution in [0.1, 0.15) is 22.9 Å². The number of likely N-dealkylation sites (tertiary alicyclic amines) is 1. The summed E-state index contributed by atoms with van der Waals surface area (Å²) in [4.78, 5) is 26.8. The summed E-state index contributed by atoms with van der Waals surface area (Å²) in [5.41, 5.74) is 0.719. The number of hydrogen-bond acceptors (Lipinski definition) is 4. The molecule has 0 saturated carbocycles. The van der Waals surface area contributed by atoms with Gasteiger partial charge in [-0.15, -0.1) is 0 Å². The minimum absolute atomic E-state index is 0.0182. The predicted octanol–water partition coefficient (Wildman–Crippen LogP) is 4.04. The quantitative estimate of drug-likeness (QED) is 0.423. The molecule has 1 aliphatic heterocycles. The van der Waals surface area contributed by atoms with Gasteiger partial charge in [0.2, 0.25) is 0 Å². The number of ketones is 1. The van der Waals surface area contributed by atoms with Crippen molar-refractivity contribution in [3.63, 3.8) is 0 Å². The standard InChI is InChI=1S/C22H16FNO4/c23-16-9-4-8-15(12-16)19-18(20(25)14-6-2-1-3-7-14)21(26)22(27)24(19)13-17-10-5-11-28-17/h1-12,19,25H,13H2/b20-18+/t19-/m1/s1. The molecule has 140 valence electrons. The average molecular weight is 377 g/mol. The molecule has 2 heterocycles. The largest absolute Gasteiger partial charge is 0.507 e. The minimum Gasteiger partial charge on any atom is -0.507 e. The van der Waals surface area contributed by atoms with Gasteiger partial charge in [-0.1, -0.05) is 42.5 Å². The van der Waals surface area contributed by atoms with Crippen LogP contribution in [0.25, 0.3) is 5.76 Å². The van der Waals surface area contributed by atoms with Gasteiger partial charge in [-0.2, -0.15) is 0 Å². The van der Waals surface area contributed by atoms with E-state index in [0.29, 0.717) is 16.9 Å². The van der Waals surface area contributed by atoms with Crippen molar-refractivity contribution < 1.29 is 23.5 Å². The highest BCUT2D eigenvalue weighted by Gasteiger charge is 2.46. The fourth-order valence-corrected chi connectivity index (χ4v) is 3.39. The number of aliphatic hydroxyl groups is 1. The molecule has 0 unspecified atom stereocenters. The van der Waals surface area contributed by atoms with E-state index in [2.05, 4.69) is 0 Å². The second-order valence-corrected chi connectivity index (χ2v) is 6.43. The predicted molar refractivity (Wildman–Crippen MR) is 99.4 cm³/mol. The molecule has 1 amide bonds. The van der Waals surface area contributed by atoms with E-state index >= 15 is 0 Å². The summed E-state index contributed by atoms with van der Waals surface area (Å²) in [5, 5.41) is 10.8. The van der Waals surface area contributed by atoms with Crippen molar-refractivity contribution in [1.29, 1.82) is 0 Å². The molecule has 28 heavy (non-hydrogen) atoms. The van der Waals surface area contributed by atoms with Crippen LogP contribution in [0.5, 0.6) is 0 Å². The van der Waals surface area contributed by atoms with Crippen LogP contribution in [-0.4, -0.2) is 21.7 Å². The SMILES string of the molecule is O=C1C(=O)N(Cc2ccco2)[C@H](c2cccc(F)c2)/C1=C(\O)c1ccccc1. The number of amides is 1. The van der Waals surface area contributed by atoms with E-state index in [1.165, 1.54) is 29.4 Å². The van der Waals surface area contributed by atoms with Crippen molar-refractivity contribution in [2.45, 2.75) is 12.6 Å². The number of furan rings is 1. The summed E-state index contributed by atoms with van der Waals surface area (Å²) in [7, 11) is 0. The van der Waals surface area contributed by atoms with Crippen LogP contribution in [0.4, 0.5) is 4.39 Å². The summed E-state index contributed by atoms with van der Waals surface area (Å²) in [6.07, 6.45) is 1.47. The molecule has 0 bridgehead atoms. The molecule has 1 aromatic heterocycles. The zero-order valence-corrected chi connectivity index (χ0v) is 14.7. The van der Waals surface area contributed by atoms with Gasteiger partial charge in [0, 0.05) is 5.56 Å². The molecule has 1 aliphatic rings. The van der Waals surface area contributed by atoms with Crippen molar-refractivity contribution in [3.8, 4) is 0 Å². The van der Waals surface area contributed by atoms with Gasteiger partial charge in [-0.25, -0.2) is 4.39 Å². The molecule has 1 saturated heterocycles. The molecule has 3 aromatic rings. The van der Waals surface area contributed by atoms with Gasteiger partial charge in [0.1, 0.15) is 17.3 Å². The van der Waals surface area contributed by atoms with Crippen LogP contribution in [-0.2, 0) is 16.1 Å². The molecule has 6 heteroatoms. The lowest BCUT2D eigenvalue weighted by Gasteiger charge is -2.24. The van der Waals surface area contributed by atoms with Crippen molar-refractivity contribution in [1.82, 2.24) is 4.90 Å². The first-order valence-corrected chi connectivity index (χ1v) is 8.68. The summed E-state index contributed by atoms with van der Waals surface area (Å²) >= 11 is 0. The number of aliphatic hydroxyl groups excluding tert-OH is 1. The maximum atomic E-state index is 13.9. The Morgan fingerprint density at radius 3 is 2.50 bits per heavy atom. The molecule has 1 atom stereocenters. The highest BCUT2D eigenvalue weighted by molar-refractivity contribution is 6.46. The monoisotopic (exact) mass is 377 g/mol. The Kier molecular flexibility index (Phi) is 4.53. The zero-order valence-electron chi connectivity index (χ0n) is 14.7. The smallest absolute Gasteiger partial charge is 0.296 e. The Bertz CT molecular complexity index is 1060. The van der Waals surface area contributed by atoms with E-state index in [0.717, 1.165) is 0 Å². The Morgan fingerprint density at radius 2 is 1.82 bits per heavy atom. The first-order chi connectivity index (χ1) is 13.6. The molecule has 0 aliphatic carbocycles. The number of hydrogen-bond donors (Lipinski definition) is 1. The van der Waals surface area contributed by atoms with Crippen molar-refractivity contribution in [2.24, 2.45) is 0 Å². The number of carbonyl (C=O) groups excluding carboxylic acids is 2. The van der Waals surface area contributed by atoms with Crippen molar-refractivity contribution in [3.05, 3.63) is 101 Å². The van der Waals surface area contributed by atoms with Gasteiger partial charge in [0.25, 0.3) is 11.7 Å². The third-order valence-corrected chi connectivity index (χ3v) is 4.66. The first-order valence-electron chi connectivity index (χ1n) is 8.68. The normalized spacial score (nSPS) is 18.6. The van der Waals surface area contributed by atoms with Crippen molar-refractivity contribution >= 4 is 17.4 Å². The van der Waals surface area contributed by atoms with Crippen LogP contribution >= 0.6 is 0 Å². The number of halogens is 1. The zero-order chi connectivity index (χ0) is 19.7. The second kappa shape index (κ2) is 7.15. The molecule has 5 nitrogen and oxygen atoms in total. The molecule has 0 radical (unpaired) electrons. The Balaban J connectivity index is 1.88. The van der Waals surface area contributed by atoms with Crippen LogP contribution in [0.15, 0.2) is 83.0 Å². The van der Waals surface area contributed by atoms with E-state index in [1.807, 2.05) is 0 Å². The summed E-state index contributed by atoms with van der Waals surface area (Å²) in [6.45, 7) is 0.0182. The van der Waals surface area contributed by atoms with Crippen LogP contribution in [0, 0.1) is 5.82 Å². The Labute approximate surface area is 160 Å². The van der Waals surface area contributed by atoms with Gasteiger partial charge in [-0.05, 0) is 29.8 Å².